The Morgan fingerprint density at radius 2 is 1.63 bits per heavy atom. The van der Waals surface area contributed by atoms with E-state index < -0.39 is 10.0 Å². The van der Waals surface area contributed by atoms with E-state index >= 15 is 0 Å². The van der Waals surface area contributed by atoms with Gasteiger partial charge in [0.1, 0.15) is 0 Å². The van der Waals surface area contributed by atoms with Gasteiger partial charge in [0, 0.05) is 44.3 Å². The van der Waals surface area contributed by atoms with E-state index in [0.717, 1.165) is 49.2 Å². The molecule has 0 radical (unpaired) electrons. The Balaban J connectivity index is 1.75. The van der Waals surface area contributed by atoms with Gasteiger partial charge in [0.15, 0.2) is 0 Å². The minimum absolute atomic E-state index is 0.311. The Bertz CT molecular complexity index is 1050. The molecule has 1 aliphatic rings. The molecule has 0 spiro atoms. The summed E-state index contributed by atoms with van der Waals surface area (Å²) in [6.45, 7) is 7.05. The summed E-state index contributed by atoms with van der Waals surface area (Å²) < 4.78 is 27.7. The fourth-order valence-electron chi connectivity index (χ4n) is 3.82. The molecule has 0 amide bonds. The van der Waals surface area contributed by atoms with E-state index in [1.54, 1.807) is 30.5 Å². The molecule has 3 aromatic rings. The number of rotatable bonds is 4. The predicted octanol–water partition coefficient (Wildman–Crippen LogP) is 2.93. The van der Waals surface area contributed by atoms with Crippen LogP contribution in [0.1, 0.15) is 11.1 Å². The molecule has 0 atom stereocenters. The van der Waals surface area contributed by atoms with Crippen LogP contribution in [-0.2, 0) is 16.6 Å². The van der Waals surface area contributed by atoms with Gasteiger partial charge in [-0.05, 0) is 43.3 Å². The molecule has 2 heterocycles. The molecule has 4 rings (SSSR count). The molecule has 1 aromatic heterocycles. The summed E-state index contributed by atoms with van der Waals surface area (Å²) >= 11 is 0. The van der Waals surface area contributed by atoms with E-state index in [1.165, 1.54) is 9.54 Å². The van der Waals surface area contributed by atoms with Gasteiger partial charge in [-0.2, -0.15) is 0 Å². The lowest BCUT2D eigenvalue weighted by molar-refractivity contribution is 0.148. The monoisotopic (exact) mass is 383 g/mol. The zero-order valence-electron chi connectivity index (χ0n) is 15.8. The lowest BCUT2D eigenvalue weighted by Crippen LogP contribution is -2.43. The van der Waals surface area contributed by atoms with Crippen LogP contribution in [0.2, 0.25) is 0 Å². The zero-order valence-corrected chi connectivity index (χ0v) is 16.6. The first-order valence-electron chi connectivity index (χ1n) is 9.28. The number of hydrogen-bond acceptors (Lipinski definition) is 4. The van der Waals surface area contributed by atoms with E-state index in [4.69, 9.17) is 0 Å². The first kappa shape index (κ1) is 18.2. The van der Waals surface area contributed by atoms with Crippen LogP contribution in [0.4, 0.5) is 0 Å². The van der Waals surface area contributed by atoms with Gasteiger partial charge in [-0.1, -0.05) is 30.3 Å². The van der Waals surface area contributed by atoms with Crippen LogP contribution in [0, 0.1) is 6.92 Å². The van der Waals surface area contributed by atoms with Gasteiger partial charge in [0.2, 0.25) is 0 Å². The van der Waals surface area contributed by atoms with Gasteiger partial charge < -0.3 is 4.90 Å². The third-order valence-electron chi connectivity index (χ3n) is 5.36. The number of aryl methyl sites for hydroxylation is 1. The average Bonchev–Trinajstić information content (AvgIpc) is 3.03. The first-order chi connectivity index (χ1) is 13.0. The van der Waals surface area contributed by atoms with Crippen molar-refractivity contribution in [2.75, 3.05) is 33.2 Å². The molecule has 142 valence electrons. The number of benzene rings is 2. The van der Waals surface area contributed by atoms with Crippen LogP contribution < -0.4 is 0 Å². The van der Waals surface area contributed by atoms with Crippen LogP contribution in [-0.4, -0.2) is 55.4 Å². The first-order valence-corrected chi connectivity index (χ1v) is 10.7. The van der Waals surface area contributed by atoms with E-state index in [2.05, 4.69) is 22.9 Å². The van der Waals surface area contributed by atoms with Crippen molar-refractivity contribution in [3.05, 3.63) is 65.9 Å². The highest BCUT2D eigenvalue weighted by atomic mass is 32.2. The highest BCUT2D eigenvalue weighted by Gasteiger charge is 2.22. The number of fused-ring (bicyclic) bond motifs is 1. The fourth-order valence-corrected chi connectivity index (χ4v) is 5.26. The summed E-state index contributed by atoms with van der Waals surface area (Å²) in [6.07, 6.45) is 1.75. The molecule has 0 unspecified atom stereocenters. The van der Waals surface area contributed by atoms with E-state index in [9.17, 15) is 8.42 Å². The van der Waals surface area contributed by atoms with Crippen molar-refractivity contribution in [1.29, 1.82) is 0 Å². The number of hydrogen-bond donors (Lipinski definition) is 0. The molecule has 27 heavy (non-hydrogen) atoms. The number of aromatic nitrogens is 1. The van der Waals surface area contributed by atoms with Crippen molar-refractivity contribution in [1.82, 2.24) is 13.8 Å². The van der Waals surface area contributed by atoms with Crippen molar-refractivity contribution >= 4 is 20.9 Å². The summed E-state index contributed by atoms with van der Waals surface area (Å²) in [4.78, 5) is 5.09. The van der Waals surface area contributed by atoms with Crippen molar-refractivity contribution in [3.8, 4) is 0 Å². The molecule has 0 N–H and O–H groups in total. The van der Waals surface area contributed by atoms with Gasteiger partial charge in [0.05, 0.1) is 10.4 Å². The number of nitrogens with zero attached hydrogens (tertiary/aromatic N) is 3. The lowest BCUT2D eigenvalue weighted by atomic mass is 10.1. The van der Waals surface area contributed by atoms with Gasteiger partial charge >= 0.3 is 0 Å². The third-order valence-corrected chi connectivity index (χ3v) is 7.05. The van der Waals surface area contributed by atoms with Crippen LogP contribution >= 0.6 is 0 Å². The predicted molar refractivity (Wildman–Crippen MR) is 108 cm³/mol. The van der Waals surface area contributed by atoms with Crippen molar-refractivity contribution in [2.45, 2.75) is 18.4 Å². The van der Waals surface area contributed by atoms with Crippen LogP contribution in [0.5, 0.6) is 0 Å². The van der Waals surface area contributed by atoms with E-state index in [-0.39, 0.29) is 0 Å². The lowest BCUT2D eigenvalue weighted by Gasteiger charge is -2.32. The van der Waals surface area contributed by atoms with Crippen LogP contribution in [0.3, 0.4) is 0 Å². The molecule has 1 saturated heterocycles. The van der Waals surface area contributed by atoms with E-state index in [0.29, 0.717) is 4.90 Å². The molecule has 1 fully saturated rings. The average molecular weight is 384 g/mol. The Kier molecular flexibility index (Phi) is 4.80. The smallest absolute Gasteiger partial charge is 0.268 e. The largest absolute Gasteiger partial charge is 0.304 e. The maximum atomic E-state index is 13.1. The molecule has 0 aliphatic carbocycles. The number of piperazine rings is 1. The topological polar surface area (TPSA) is 45.6 Å². The quantitative estimate of drug-likeness (QED) is 0.695. The highest BCUT2D eigenvalue weighted by molar-refractivity contribution is 7.90. The van der Waals surface area contributed by atoms with Gasteiger partial charge in [-0.15, -0.1) is 0 Å². The minimum atomic E-state index is -3.61. The summed E-state index contributed by atoms with van der Waals surface area (Å²) in [5.74, 6) is 0. The normalized spacial score (nSPS) is 16.8. The molecule has 0 bridgehead atoms. The fraction of sp³-hybridized carbons (Fsp3) is 0.333. The van der Waals surface area contributed by atoms with Crippen LogP contribution in [0.25, 0.3) is 10.9 Å². The zero-order chi connectivity index (χ0) is 19.0. The van der Waals surface area contributed by atoms with Crippen LogP contribution in [0.15, 0.2) is 59.6 Å². The molecule has 0 saturated carbocycles. The van der Waals surface area contributed by atoms with Crippen molar-refractivity contribution in [2.24, 2.45) is 0 Å². The second-order valence-corrected chi connectivity index (χ2v) is 9.13. The second-order valence-electron chi connectivity index (χ2n) is 7.32. The molecular weight excluding hydrogens is 358 g/mol. The van der Waals surface area contributed by atoms with Gasteiger partial charge in [-0.3, -0.25) is 4.90 Å². The van der Waals surface area contributed by atoms with Crippen molar-refractivity contribution < 1.29 is 8.42 Å². The Labute approximate surface area is 160 Å². The Hall–Kier alpha value is -2.15. The van der Waals surface area contributed by atoms with Gasteiger partial charge in [0.25, 0.3) is 10.0 Å². The summed E-state index contributed by atoms with van der Waals surface area (Å²) in [7, 11) is -1.46. The standard InChI is InChI=1S/C21H25N3O2S/c1-17-15-24(27(25,26)19-8-4-3-5-9-19)20-10-6-7-18(21(17)20)16-23-13-11-22(2)12-14-23/h3-10,15H,11-14,16H2,1-2H3. The van der Waals surface area contributed by atoms with E-state index in [1.807, 2.05) is 25.1 Å². The summed E-state index contributed by atoms with van der Waals surface area (Å²) in [5.41, 5.74) is 2.94. The molecule has 6 heteroatoms. The minimum Gasteiger partial charge on any atom is -0.304 e. The molecule has 5 nitrogen and oxygen atoms in total. The maximum absolute atomic E-state index is 13.1. The molecule has 2 aromatic carbocycles. The Morgan fingerprint density at radius 1 is 0.926 bits per heavy atom. The van der Waals surface area contributed by atoms with Gasteiger partial charge in [-0.25, -0.2) is 12.4 Å². The second kappa shape index (κ2) is 7.11. The van der Waals surface area contributed by atoms with Crippen molar-refractivity contribution in [3.63, 3.8) is 0 Å². The molecule has 1 aliphatic heterocycles. The Morgan fingerprint density at radius 3 is 2.33 bits per heavy atom. The molecular formula is C21H25N3O2S. The number of likely N-dealkylation sites (N-methyl/N-ethyl adjacent to an activating group) is 1. The maximum Gasteiger partial charge on any atom is 0.268 e. The highest BCUT2D eigenvalue weighted by Crippen LogP contribution is 2.29. The SMILES string of the molecule is Cc1cn(S(=O)(=O)c2ccccc2)c2cccc(CN3CCN(C)CC3)c12. The summed E-state index contributed by atoms with van der Waals surface area (Å²) in [6, 6.07) is 14.6. The third kappa shape index (κ3) is 3.40. The summed E-state index contributed by atoms with van der Waals surface area (Å²) in [5, 5.41) is 1.05.